The minimum atomic E-state index is -3.94. The molecule has 7 nitrogen and oxygen atoms in total. The summed E-state index contributed by atoms with van der Waals surface area (Å²) < 4.78 is 49.3. The van der Waals surface area contributed by atoms with Crippen molar-refractivity contribution in [2.75, 3.05) is 13.1 Å². The molecule has 4 N–H and O–H groups in total. The average molecular weight is 370 g/mol. The van der Waals surface area contributed by atoms with E-state index in [2.05, 4.69) is 0 Å². The first-order valence-corrected chi connectivity index (χ1v) is 9.49. The van der Waals surface area contributed by atoms with Crippen molar-refractivity contribution in [2.24, 2.45) is 16.8 Å². The van der Waals surface area contributed by atoms with Crippen molar-refractivity contribution >= 4 is 32.5 Å². The third-order valence-corrected chi connectivity index (χ3v) is 6.57. The lowest BCUT2D eigenvalue weighted by atomic mass is 10.1. The molecule has 0 radical (unpaired) electrons. The Bertz CT molecular complexity index is 736. The Morgan fingerprint density at radius 3 is 2.32 bits per heavy atom. The first-order chi connectivity index (χ1) is 9.66. The van der Waals surface area contributed by atoms with Crippen molar-refractivity contribution in [2.45, 2.75) is 29.2 Å². The molecule has 1 saturated heterocycles. The second-order valence-electron chi connectivity index (χ2n) is 5.28. The zero-order valence-electron chi connectivity index (χ0n) is 12.0. The van der Waals surface area contributed by atoms with E-state index in [9.17, 15) is 16.8 Å². The number of primary sulfonamides is 1. The lowest BCUT2D eigenvalue weighted by Gasteiger charge is -2.21. The molecular formula is C12H20ClN3O4S2. The van der Waals surface area contributed by atoms with Gasteiger partial charge in [-0.2, -0.15) is 4.31 Å². The fraction of sp³-hybridized carbons (Fsp3) is 0.500. The standard InChI is InChI=1S/C12H19N3O4S2.ClH/c1-9-5-10(7-13)8-15(9)21(18,19)12-4-2-3-11(6-12)20(14,16)17;/h2-4,6,9-10H,5,7-8,13H2,1H3,(H2,14,16,17);1H. The molecule has 1 aliphatic heterocycles. The summed E-state index contributed by atoms with van der Waals surface area (Å²) in [6.07, 6.45) is 0.699. The van der Waals surface area contributed by atoms with Crippen LogP contribution in [0.1, 0.15) is 13.3 Å². The SMILES string of the molecule is CC1CC(CN)CN1S(=O)(=O)c1cccc(S(N)(=O)=O)c1.Cl. The highest BCUT2D eigenvalue weighted by Gasteiger charge is 2.37. The fourth-order valence-corrected chi connectivity index (χ4v) is 4.96. The molecule has 2 rings (SSSR count). The Kier molecular flexibility index (Phi) is 5.99. The van der Waals surface area contributed by atoms with Crippen LogP contribution in [0.25, 0.3) is 0 Å². The van der Waals surface area contributed by atoms with Gasteiger partial charge in [0.15, 0.2) is 0 Å². The average Bonchev–Trinajstić information content (AvgIpc) is 2.80. The fourth-order valence-electron chi connectivity index (χ4n) is 2.56. The molecule has 1 heterocycles. The molecule has 1 aromatic carbocycles. The molecule has 22 heavy (non-hydrogen) atoms. The Hall–Kier alpha value is -0.710. The summed E-state index contributed by atoms with van der Waals surface area (Å²) in [4.78, 5) is -0.288. The second kappa shape index (κ2) is 6.81. The predicted molar refractivity (Wildman–Crippen MR) is 85.6 cm³/mol. The maximum absolute atomic E-state index is 12.6. The number of benzene rings is 1. The molecule has 1 fully saturated rings. The van der Waals surface area contributed by atoms with E-state index < -0.39 is 20.0 Å². The van der Waals surface area contributed by atoms with E-state index in [0.717, 1.165) is 6.07 Å². The van der Waals surface area contributed by atoms with Gasteiger partial charge >= 0.3 is 0 Å². The molecule has 0 aliphatic carbocycles. The number of hydrogen-bond donors (Lipinski definition) is 2. The van der Waals surface area contributed by atoms with Gasteiger partial charge in [0.25, 0.3) is 0 Å². The summed E-state index contributed by atoms with van der Waals surface area (Å²) in [5, 5.41) is 5.04. The molecule has 0 spiro atoms. The van der Waals surface area contributed by atoms with Gasteiger partial charge in [0, 0.05) is 12.6 Å². The van der Waals surface area contributed by atoms with Crippen LogP contribution in [0.3, 0.4) is 0 Å². The van der Waals surface area contributed by atoms with Crippen LogP contribution in [0.15, 0.2) is 34.1 Å². The molecule has 0 aromatic heterocycles. The normalized spacial score (nSPS) is 23.2. The highest BCUT2D eigenvalue weighted by molar-refractivity contribution is 7.90. The number of nitrogens with two attached hydrogens (primary N) is 2. The Morgan fingerprint density at radius 1 is 1.23 bits per heavy atom. The number of rotatable bonds is 4. The first kappa shape index (κ1) is 19.3. The predicted octanol–water partition coefficient (Wildman–Crippen LogP) is 0.114. The van der Waals surface area contributed by atoms with Gasteiger partial charge < -0.3 is 5.73 Å². The summed E-state index contributed by atoms with van der Waals surface area (Å²) in [6, 6.07) is 4.93. The summed E-state index contributed by atoms with van der Waals surface area (Å²) >= 11 is 0. The second-order valence-corrected chi connectivity index (χ2v) is 8.73. The number of sulfonamides is 2. The quantitative estimate of drug-likeness (QED) is 0.779. The van der Waals surface area contributed by atoms with Crippen LogP contribution >= 0.6 is 12.4 Å². The molecule has 2 atom stereocenters. The molecule has 0 bridgehead atoms. The van der Waals surface area contributed by atoms with Gasteiger partial charge in [-0.15, -0.1) is 12.4 Å². The maximum Gasteiger partial charge on any atom is 0.243 e. The monoisotopic (exact) mass is 369 g/mol. The van der Waals surface area contributed by atoms with E-state index in [1.807, 2.05) is 6.92 Å². The molecular weight excluding hydrogens is 350 g/mol. The molecule has 126 valence electrons. The summed E-state index contributed by atoms with van der Waals surface area (Å²) in [5.74, 6) is 0.121. The number of hydrogen-bond acceptors (Lipinski definition) is 5. The van der Waals surface area contributed by atoms with Crippen LogP contribution < -0.4 is 10.9 Å². The van der Waals surface area contributed by atoms with Gasteiger partial charge in [0.2, 0.25) is 20.0 Å². The summed E-state index contributed by atoms with van der Waals surface area (Å²) in [5.41, 5.74) is 5.60. The molecule has 1 aromatic rings. The van der Waals surface area contributed by atoms with Crippen molar-refractivity contribution in [3.8, 4) is 0 Å². The van der Waals surface area contributed by atoms with E-state index in [1.54, 1.807) is 0 Å². The van der Waals surface area contributed by atoms with Crippen LogP contribution in [-0.4, -0.2) is 40.3 Å². The van der Waals surface area contributed by atoms with Crippen molar-refractivity contribution in [3.63, 3.8) is 0 Å². The summed E-state index contributed by atoms with van der Waals surface area (Å²) in [7, 11) is -7.70. The van der Waals surface area contributed by atoms with Crippen LogP contribution in [0.5, 0.6) is 0 Å². The van der Waals surface area contributed by atoms with Crippen molar-refractivity contribution in [1.29, 1.82) is 0 Å². The topological polar surface area (TPSA) is 124 Å². The number of halogens is 1. The summed E-state index contributed by atoms with van der Waals surface area (Å²) in [6.45, 7) is 2.59. The largest absolute Gasteiger partial charge is 0.330 e. The van der Waals surface area contributed by atoms with E-state index in [-0.39, 0.29) is 34.2 Å². The van der Waals surface area contributed by atoms with E-state index in [1.165, 1.54) is 22.5 Å². The number of nitrogens with zero attached hydrogens (tertiary/aromatic N) is 1. The van der Waals surface area contributed by atoms with Crippen molar-refractivity contribution in [1.82, 2.24) is 4.31 Å². The van der Waals surface area contributed by atoms with E-state index >= 15 is 0 Å². The Morgan fingerprint density at radius 2 is 1.82 bits per heavy atom. The Labute approximate surface area is 137 Å². The lowest BCUT2D eigenvalue weighted by Crippen LogP contribution is -2.34. The van der Waals surface area contributed by atoms with E-state index in [4.69, 9.17) is 10.9 Å². The smallest absolute Gasteiger partial charge is 0.243 e. The zero-order chi connectivity index (χ0) is 15.8. The zero-order valence-corrected chi connectivity index (χ0v) is 14.5. The van der Waals surface area contributed by atoms with Gasteiger partial charge in [-0.1, -0.05) is 6.07 Å². The van der Waals surface area contributed by atoms with Crippen LogP contribution in [0.4, 0.5) is 0 Å². The molecule has 10 heteroatoms. The van der Waals surface area contributed by atoms with Gasteiger partial charge in [-0.05, 0) is 44.0 Å². The van der Waals surface area contributed by atoms with Crippen LogP contribution in [0.2, 0.25) is 0 Å². The third kappa shape index (κ3) is 3.79. The van der Waals surface area contributed by atoms with Crippen molar-refractivity contribution in [3.05, 3.63) is 24.3 Å². The minimum Gasteiger partial charge on any atom is -0.330 e. The van der Waals surface area contributed by atoms with Crippen LogP contribution in [-0.2, 0) is 20.0 Å². The third-order valence-electron chi connectivity index (χ3n) is 3.68. The van der Waals surface area contributed by atoms with Crippen LogP contribution in [0, 0.1) is 5.92 Å². The molecule has 0 amide bonds. The lowest BCUT2D eigenvalue weighted by molar-refractivity contribution is 0.404. The van der Waals surface area contributed by atoms with Crippen molar-refractivity contribution < 1.29 is 16.8 Å². The minimum absolute atomic E-state index is 0. The highest BCUT2D eigenvalue weighted by Crippen LogP contribution is 2.29. The Balaban J connectivity index is 0.00000242. The van der Waals surface area contributed by atoms with Gasteiger partial charge in [0.05, 0.1) is 9.79 Å². The van der Waals surface area contributed by atoms with Gasteiger partial charge in [0.1, 0.15) is 0 Å². The van der Waals surface area contributed by atoms with E-state index in [0.29, 0.717) is 19.5 Å². The van der Waals surface area contributed by atoms with Gasteiger partial charge in [-0.3, -0.25) is 0 Å². The maximum atomic E-state index is 12.6. The van der Waals surface area contributed by atoms with Gasteiger partial charge in [-0.25, -0.2) is 22.0 Å². The molecule has 0 saturated carbocycles. The molecule has 1 aliphatic rings. The molecule has 2 unspecified atom stereocenters. The highest BCUT2D eigenvalue weighted by atomic mass is 35.5. The first-order valence-electron chi connectivity index (χ1n) is 6.51.